The van der Waals surface area contributed by atoms with Crippen LogP contribution in [0.3, 0.4) is 0 Å². The Morgan fingerprint density at radius 1 is 0.760 bits per heavy atom. The second kappa shape index (κ2) is 13.1. The van der Waals surface area contributed by atoms with Crippen molar-refractivity contribution in [2.24, 2.45) is 0 Å². The molecule has 0 saturated carbocycles. The molecule has 1 aromatic rings. The lowest BCUT2D eigenvalue weighted by atomic mass is 10.1. The lowest BCUT2D eigenvalue weighted by molar-refractivity contribution is 0.0496. The van der Waals surface area contributed by atoms with E-state index in [2.05, 4.69) is 36.4 Å². The summed E-state index contributed by atoms with van der Waals surface area (Å²) in [6.45, 7) is 5.12. The second-order valence-corrected chi connectivity index (χ2v) is 7.37. The first-order valence-corrected chi connectivity index (χ1v) is 10.3. The van der Waals surface area contributed by atoms with Crippen molar-refractivity contribution < 1.29 is 19.1 Å². The van der Waals surface area contributed by atoms with Crippen molar-refractivity contribution in [1.82, 2.24) is 0 Å². The van der Waals surface area contributed by atoms with Crippen LogP contribution in [0.4, 0.5) is 0 Å². The van der Waals surface area contributed by atoms with Crippen molar-refractivity contribution in [3.8, 4) is 0 Å². The monoisotopic (exact) mass is 460 g/mol. The summed E-state index contributed by atoms with van der Waals surface area (Å²) in [5.41, 5.74) is 0.806. The molecule has 0 aliphatic heterocycles. The Hall–Kier alpha value is -1.11. The van der Waals surface area contributed by atoms with Crippen LogP contribution in [0.25, 0.3) is 0 Å². The fraction of sp³-hybridized carbons (Fsp3) is 0.600. The molecule has 0 amide bonds. The standard InChI is InChI=1S/C20H29IO4/c1-3-5-7-9-11-24-19(22)16-13-17(15-18(21)14-16)20(23)25-12-10-8-6-4-2/h13-15H,3-12H2,1-2H3. The van der Waals surface area contributed by atoms with Gasteiger partial charge >= 0.3 is 11.9 Å². The fourth-order valence-electron chi connectivity index (χ4n) is 2.38. The summed E-state index contributed by atoms with van der Waals surface area (Å²) in [5.74, 6) is -0.765. The van der Waals surface area contributed by atoms with Crippen LogP contribution in [0.15, 0.2) is 18.2 Å². The number of carbonyl (C=O) groups excluding carboxylic acids is 2. The third-order valence-electron chi connectivity index (χ3n) is 3.83. The molecular formula is C20H29IO4. The van der Waals surface area contributed by atoms with E-state index in [-0.39, 0.29) is 11.9 Å². The Bertz CT molecular complexity index is 498. The zero-order chi connectivity index (χ0) is 18.5. The molecule has 5 heteroatoms. The molecule has 1 aromatic carbocycles. The quantitative estimate of drug-likeness (QED) is 0.226. The number of esters is 2. The van der Waals surface area contributed by atoms with Gasteiger partial charge in [0.2, 0.25) is 0 Å². The van der Waals surface area contributed by atoms with Gasteiger partial charge in [-0.3, -0.25) is 0 Å². The molecule has 25 heavy (non-hydrogen) atoms. The number of benzene rings is 1. The Labute approximate surface area is 164 Å². The largest absolute Gasteiger partial charge is 0.462 e. The molecule has 0 saturated heterocycles. The Balaban J connectivity index is 2.53. The zero-order valence-corrected chi connectivity index (χ0v) is 17.5. The second-order valence-electron chi connectivity index (χ2n) is 6.12. The molecule has 0 aliphatic rings. The normalized spacial score (nSPS) is 10.5. The summed E-state index contributed by atoms with van der Waals surface area (Å²) in [4.78, 5) is 24.3. The summed E-state index contributed by atoms with van der Waals surface area (Å²) in [7, 11) is 0. The lowest BCUT2D eigenvalue weighted by Crippen LogP contribution is -2.11. The SMILES string of the molecule is CCCCCCOC(=O)c1cc(I)cc(C(=O)OCCCCCC)c1. The third-order valence-corrected chi connectivity index (χ3v) is 4.45. The van der Waals surface area contributed by atoms with Gasteiger partial charge in [0.1, 0.15) is 0 Å². The van der Waals surface area contributed by atoms with E-state index in [1.54, 1.807) is 18.2 Å². The van der Waals surface area contributed by atoms with Gasteiger partial charge in [0.05, 0.1) is 24.3 Å². The highest BCUT2D eigenvalue weighted by atomic mass is 127. The first kappa shape index (κ1) is 21.9. The average molecular weight is 460 g/mol. The molecule has 140 valence electrons. The zero-order valence-electron chi connectivity index (χ0n) is 15.3. The third kappa shape index (κ3) is 9.23. The van der Waals surface area contributed by atoms with Crippen molar-refractivity contribution in [3.05, 3.63) is 32.9 Å². The number of rotatable bonds is 12. The van der Waals surface area contributed by atoms with Crippen LogP contribution in [0.5, 0.6) is 0 Å². The molecule has 0 spiro atoms. The maximum absolute atomic E-state index is 12.2. The van der Waals surface area contributed by atoms with Crippen LogP contribution in [0.2, 0.25) is 0 Å². The number of halogens is 1. The van der Waals surface area contributed by atoms with Gasteiger partial charge in [0.15, 0.2) is 0 Å². The van der Waals surface area contributed by atoms with Crippen molar-refractivity contribution in [2.45, 2.75) is 65.2 Å². The highest BCUT2D eigenvalue weighted by molar-refractivity contribution is 14.1. The van der Waals surface area contributed by atoms with Crippen LogP contribution in [-0.4, -0.2) is 25.2 Å². The topological polar surface area (TPSA) is 52.6 Å². The minimum Gasteiger partial charge on any atom is -0.462 e. The molecule has 0 unspecified atom stereocenters. The van der Waals surface area contributed by atoms with Crippen LogP contribution in [0, 0.1) is 3.57 Å². The van der Waals surface area contributed by atoms with E-state index in [0.717, 1.165) is 54.9 Å². The molecule has 0 radical (unpaired) electrons. The Kier molecular flexibility index (Phi) is 11.5. The van der Waals surface area contributed by atoms with E-state index < -0.39 is 0 Å². The molecule has 0 aliphatic carbocycles. The first-order chi connectivity index (χ1) is 12.1. The molecule has 4 nitrogen and oxygen atoms in total. The van der Waals surface area contributed by atoms with Gasteiger partial charge in [-0.2, -0.15) is 0 Å². The van der Waals surface area contributed by atoms with Crippen LogP contribution < -0.4 is 0 Å². The van der Waals surface area contributed by atoms with Crippen LogP contribution in [0.1, 0.15) is 85.9 Å². The van der Waals surface area contributed by atoms with Gasteiger partial charge in [-0.15, -0.1) is 0 Å². The summed E-state index contributed by atoms with van der Waals surface area (Å²) < 4.78 is 11.4. The van der Waals surface area contributed by atoms with Crippen molar-refractivity contribution in [3.63, 3.8) is 0 Å². The molecule has 0 bridgehead atoms. The van der Waals surface area contributed by atoms with Gasteiger partial charge in [-0.1, -0.05) is 52.4 Å². The molecule has 1 rings (SSSR count). The van der Waals surface area contributed by atoms with Crippen LogP contribution in [-0.2, 0) is 9.47 Å². The van der Waals surface area contributed by atoms with E-state index >= 15 is 0 Å². The lowest BCUT2D eigenvalue weighted by Gasteiger charge is -2.08. The molecule has 0 N–H and O–H groups in total. The van der Waals surface area contributed by atoms with E-state index in [4.69, 9.17) is 9.47 Å². The van der Waals surface area contributed by atoms with Gasteiger partial charge in [-0.25, -0.2) is 9.59 Å². The van der Waals surface area contributed by atoms with E-state index in [0.29, 0.717) is 24.3 Å². The van der Waals surface area contributed by atoms with Gasteiger partial charge in [0.25, 0.3) is 0 Å². The maximum atomic E-state index is 12.2. The maximum Gasteiger partial charge on any atom is 0.338 e. The number of ether oxygens (including phenoxy) is 2. The number of hydrogen-bond acceptors (Lipinski definition) is 4. The Morgan fingerprint density at radius 2 is 1.20 bits per heavy atom. The molecule has 0 heterocycles. The number of unbranched alkanes of at least 4 members (excludes halogenated alkanes) is 6. The minimum atomic E-state index is -0.382. The first-order valence-electron chi connectivity index (χ1n) is 9.23. The average Bonchev–Trinajstić information content (AvgIpc) is 2.60. The van der Waals surface area contributed by atoms with Crippen molar-refractivity contribution in [1.29, 1.82) is 0 Å². The van der Waals surface area contributed by atoms with E-state index in [9.17, 15) is 9.59 Å². The summed E-state index contributed by atoms with van der Waals surface area (Å²) >= 11 is 2.09. The summed E-state index contributed by atoms with van der Waals surface area (Å²) in [5, 5.41) is 0. The molecule has 0 fully saturated rings. The van der Waals surface area contributed by atoms with Gasteiger partial charge in [0, 0.05) is 3.57 Å². The van der Waals surface area contributed by atoms with Gasteiger partial charge < -0.3 is 9.47 Å². The van der Waals surface area contributed by atoms with E-state index in [1.807, 2.05) is 0 Å². The van der Waals surface area contributed by atoms with Crippen molar-refractivity contribution in [2.75, 3.05) is 13.2 Å². The summed E-state index contributed by atoms with van der Waals surface area (Å²) in [6, 6.07) is 5.02. The molecule has 0 atom stereocenters. The number of hydrogen-bond donors (Lipinski definition) is 0. The smallest absolute Gasteiger partial charge is 0.338 e. The van der Waals surface area contributed by atoms with Gasteiger partial charge in [-0.05, 0) is 53.6 Å². The van der Waals surface area contributed by atoms with E-state index in [1.165, 1.54) is 0 Å². The minimum absolute atomic E-state index is 0.382. The fourth-order valence-corrected chi connectivity index (χ4v) is 3.05. The highest BCUT2D eigenvalue weighted by Gasteiger charge is 2.14. The number of carbonyl (C=O) groups is 2. The molecule has 0 aromatic heterocycles. The summed E-state index contributed by atoms with van der Waals surface area (Å²) in [6.07, 6.45) is 8.46. The van der Waals surface area contributed by atoms with Crippen molar-refractivity contribution >= 4 is 34.5 Å². The predicted octanol–water partition coefficient (Wildman–Crippen LogP) is 5.77. The Morgan fingerprint density at radius 3 is 1.60 bits per heavy atom. The predicted molar refractivity (Wildman–Crippen MR) is 108 cm³/mol. The molecular weight excluding hydrogens is 431 g/mol. The van der Waals surface area contributed by atoms with Crippen LogP contribution >= 0.6 is 22.6 Å². The highest BCUT2D eigenvalue weighted by Crippen LogP contribution is 2.15.